The van der Waals surface area contributed by atoms with Crippen molar-refractivity contribution in [1.82, 2.24) is 0 Å². The molecule has 0 radical (unpaired) electrons. The van der Waals surface area contributed by atoms with Gasteiger partial charge in [0.25, 0.3) is 0 Å². The Morgan fingerprint density at radius 3 is 2.06 bits per heavy atom. The van der Waals surface area contributed by atoms with E-state index in [1.807, 2.05) is 6.07 Å². The number of unbranched alkanes of at least 4 members (excludes halogenated alkanes) is 4. The first-order valence-corrected chi connectivity index (χ1v) is 12.7. The highest BCUT2D eigenvalue weighted by Crippen LogP contribution is 2.33. The normalized spacial score (nSPS) is 17.8. The summed E-state index contributed by atoms with van der Waals surface area (Å²) in [4.78, 5) is 0. The summed E-state index contributed by atoms with van der Waals surface area (Å²) in [6.45, 7) is 3.22. The monoisotopic (exact) mass is 498 g/mol. The molecule has 0 unspecified atom stereocenters. The molecule has 0 saturated carbocycles. The van der Waals surface area contributed by atoms with Crippen LogP contribution in [0.2, 0.25) is 0 Å². The van der Waals surface area contributed by atoms with Crippen LogP contribution in [0, 0.1) is 17.5 Å². The van der Waals surface area contributed by atoms with Gasteiger partial charge >= 0.3 is 0 Å². The lowest BCUT2D eigenvalue weighted by Crippen LogP contribution is -2.30. The van der Waals surface area contributed by atoms with E-state index < -0.39 is 11.6 Å². The predicted molar refractivity (Wildman–Crippen MR) is 136 cm³/mol. The number of ether oxygens (including phenoxy) is 3. The molecule has 0 spiro atoms. The first kappa shape index (κ1) is 26.2. The molecule has 1 heterocycles. The van der Waals surface area contributed by atoms with Crippen LogP contribution < -0.4 is 4.74 Å². The Labute approximate surface area is 211 Å². The van der Waals surface area contributed by atoms with Crippen LogP contribution in [0.15, 0.2) is 54.6 Å². The highest BCUT2D eigenvalue weighted by molar-refractivity contribution is 5.71. The zero-order valence-electron chi connectivity index (χ0n) is 20.9. The Hall–Kier alpha value is -2.83. The Balaban J connectivity index is 1.38. The fourth-order valence-corrected chi connectivity index (χ4v) is 4.58. The summed E-state index contributed by atoms with van der Waals surface area (Å²) >= 11 is 0. The second-order valence-corrected chi connectivity index (χ2v) is 9.26. The standard InChI is InChI=1S/C30H33F3O3/c1-3-4-5-6-7-8-28-35-18-23(19-36-28)22-13-14-24(26(31)17-22)20-9-11-21(12-10-20)25-15-16-27(34-2)30(33)29(25)32/h9-17,23,28H,3-8,18-19H2,1-2H3. The van der Waals surface area contributed by atoms with E-state index in [0.29, 0.717) is 29.9 Å². The van der Waals surface area contributed by atoms with Gasteiger partial charge in [0.15, 0.2) is 17.9 Å². The first-order valence-electron chi connectivity index (χ1n) is 12.7. The number of rotatable bonds is 10. The molecular formula is C30H33F3O3. The second kappa shape index (κ2) is 12.4. The lowest BCUT2D eigenvalue weighted by molar-refractivity contribution is -0.190. The zero-order chi connectivity index (χ0) is 25.5. The molecule has 3 aromatic carbocycles. The van der Waals surface area contributed by atoms with Crippen molar-refractivity contribution >= 4 is 0 Å². The summed E-state index contributed by atoms with van der Waals surface area (Å²) in [5.41, 5.74) is 2.54. The molecule has 1 aliphatic rings. The van der Waals surface area contributed by atoms with E-state index in [0.717, 1.165) is 18.4 Å². The van der Waals surface area contributed by atoms with Crippen LogP contribution in [-0.4, -0.2) is 26.6 Å². The van der Waals surface area contributed by atoms with Gasteiger partial charge in [0.2, 0.25) is 5.82 Å². The molecular weight excluding hydrogens is 465 g/mol. The van der Waals surface area contributed by atoms with Gasteiger partial charge in [0.1, 0.15) is 5.82 Å². The molecule has 36 heavy (non-hydrogen) atoms. The summed E-state index contributed by atoms with van der Waals surface area (Å²) in [6.07, 6.45) is 6.75. The SMILES string of the molecule is CCCCCCCC1OCC(c2ccc(-c3ccc(-c4ccc(OC)c(F)c4F)cc3)c(F)c2)CO1. The van der Waals surface area contributed by atoms with Crippen LogP contribution in [0.4, 0.5) is 13.2 Å². The highest BCUT2D eigenvalue weighted by Gasteiger charge is 2.24. The minimum absolute atomic E-state index is 0.0137. The Morgan fingerprint density at radius 1 is 0.778 bits per heavy atom. The van der Waals surface area contributed by atoms with E-state index in [4.69, 9.17) is 14.2 Å². The van der Waals surface area contributed by atoms with Crippen molar-refractivity contribution in [2.45, 2.75) is 57.7 Å². The van der Waals surface area contributed by atoms with Gasteiger partial charge in [-0.1, -0.05) is 69.0 Å². The maximum Gasteiger partial charge on any atom is 0.201 e. The lowest BCUT2D eigenvalue weighted by Gasteiger charge is -2.30. The largest absolute Gasteiger partial charge is 0.494 e. The maximum atomic E-state index is 15.1. The van der Waals surface area contributed by atoms with Gasteiger partial charge in [-0.2, -0.15) is 4.39 Å². The molecule has 1 aliphatic heterocycles. The van der Waals surface area contributed by atoms with Crippen molar-refractivity contribution in [2.75, 3.05) is 20.3 Å². The first-order chi connectivity index (χ1) is 17.5. The van der Waals surface area contributed by atoms with E-state index in [9.17, 15) is 8.78 Å². The fourth-order valence-electron chi connectivity index (χ4n) is 4.58. The Kier molecular flexibility index (Phi) is 9.05. The van der Waals surface area contributed by atoms with Gasteiger partial charge in [0.05, 0.1) is 20.3 Å². The van der Waals surface area contributed by atoms with Crippen molar-refractivity contribution in [3.63, 3.8) is 0 Å². The third-order valence-electron chi connectivity index (χ3n) is 6.75. The Bertz CT molecular complexity index is 1140. The molecule has 3 aromatic rings. The summed E-state index contributed by atoms with van der Waals surface area (Å²) in [6, 6.07) is 14.7. The number of hydrogen-bond acceptors (Lipinski definition) is 3. The average Bonchev–Trinajstić information content (AvgIpc) is 2.91. The van der Waals surface area contributed by atoms with E-state index in [1.54, 1.807) is 30.3 Å². The van der Waals surface area contributed by atoms with Gasteiger partial charge < -0.3 is 14.2 Å². The summed E-state index contributed by atoms with van der Waals surface area (Å²) in [7, 11) is 1.29. The molecule has 4 rings (SSSR count). The third-order valence-corrected chi connectivity index (χ3v) is 6.75. The van der Waals surface area contributed by atoms with E-state index in [1.165, 1.54) is 51.0 Å². The van der Waals surface area contributed by atoms with E-state index >= 15 is 4.39 Å². The molecule has 0 aliphatic carbocycles. The van der Waals surface area contributed by atoms with Crippen molar-refractivity contribution in [1.29, 1.82) is 0 Å². The topological polar surface area (TPSA) is 27.7 Å². The van der Waals surface area contributed by atoms with Gasteiger partial charge in [-0.15, -0.1) is 0 Å². The van der Waals surface area contributed by atoms with Gasteiger partial charge in [0, 0.05) is 17.0 Å². The van der Waals surface area contributed by atoms with Crippen LogP contribution >= 0.6 is 0 Å². The van der Waals surface area contributed by atoms with E-state index in [2.05, 4.69) is 6.92 Å². The maximum absolute atomic E-state index is 15.1. The van der Waals surface area contributed by atoms with Crippen molar-refractivity contribution < 1.29 is 27.4 Å². The van der Waals surface area contributed by atoms with Crippen molar-refractivity contribution in [2.24, 2.45) is 0 Å². The van der Waals surface area contributed by atoms with Gasteiger partial charge in [-0.05, 0) is 47.7 Å². The lowest BCUT2D eigenvalue weighted by atomic mass is 9.95. The molecule has 0 N–H and O–H groups in total. The summed E-state index contributed by atoms with van der Waals surface area (Å²) in [5.74, 6) is -2.52. The number of methoxy groups -OCH3 is 1. The molecule has 0 bridgehead atoms. The summed E-state index contributed by atoms with van der Waals surface area (Å²) in [5, 5.41) is 0. The average molecular weight is 499 g/mol. The van der Waals surface area contributed by atoms with Crippen LogP contribution in [0.1, 0.15) is 56.9 Å². The molecule has 1 saturated heterocycles. The second-order valence-electron chi connectivity index (χ2n) is 9.26. The predicted octanol–water partition coefficient (Wildman–Crippen LogP) is 8.26. The highest BCUT2D eigenvalue weighted by atomic mass is 19.2. The minimum Gasteiger partial charge on any atom is -0.494 e. The summed E-state index contributed by atoms with van der Waals surface area (Å²) < 4.78 is 60.2. The number of hydrogen-bond donors (Lipinski definition) is 0. The molecule has 3 nitrogen and oxygen atoms in total. The van der Waals surface area contributed by atoms with Gasteiger partial charge in [-0.25, -0.2) is 8.78 Å². The minimum atomic E-state index is -1.03. The van der Waals surface area contributed by atoms with Crippen LogP contribution in [0.25, 0.3) is 22.3 Å². The van der Waals surface area contributed by atoms with Crippen LogP contribution in [-0.2, 0) is 9.47 Å². The number of benzene rings is 3. The van der Waals surface area contributed by atoms with Crippen molar-refractivity contribution in [3.8, 4) is 28.0 Å². The molecule has 192 valence electrons. The smallest absolute Gasteiger partial charge is 0.201 e. The fraction of sp³-hybridized carbons (Fsp3) is 0.400. The van der Waals surface area contributed by atoms with Crippen LogP contribution in [0.3, 0.4) is 0 Å². The van der Waals surface area contributed by atoms with Crippen LogP contribution in [0.5, 0.6) is 5.75 Å². The molecule has 0 amide bonds. The zero-order valence-corrected chi connectivity index (χ0v) is 20.9. The number of halogens is 3. The van der Waals surface area contributed by atoms with Crippen molar-refractivity contribution in [3.05, 3.63) is 77.6 Å². The quantitative estimate of drug-likeness (QED) is 0.263. The van der Waals surface area contributed by atoms with E-state index in [-0.39, 0.29) is 29.3 Å². The third kappa shape index (κ3) is 6.11. The molecule has 6 heteroatoms. The molecule has 1 fully saturated rings. The molecule has 0 atom stereocenters. The Morgan fingerprint density at radius 2 is 1.42 bits per heavy atom. The molecule has 0 aromatic heterocycles. The van der Waals surface area contributed by atoms with Gasteiger partial charge in [-0.3, -0.25) is 0 Å².